The van der Waals surface area contributed by atoms with Crippen molar-refractivity contribution in [2.45, 2.75) is 19.3 Å². The molecule has 0 amide bonds. The van der Waals surface area contributed by atoms with E-state index in [-0.39, 0.29) is 11.8 Å². The lowest BCUT2D eigenvalue weighted by Crippen LogP contribution is -2.31. The molecular weight excluding hydrogens is 343 g/mol. The number of fused-ring (bicyclic) bond motifs is 4. The van der Waals surface area contributed by atoms with Gasteiger partial charge in [-0.1, -0.05) is 18.2 Å². The molecule has 1 aliphatic heterocycles. The zero-order chi connectivity index (χ0) is 18.4. The molecule has 5 rings (SSSR count). The van der Waals surface area contributed by atoms with Crippen molar-refractivity contribution in [1.82, 2.24) is 19.6 Å². The average Bonchev–Trinajstić information content (AvgIpc) is 3.11. The van der Waals surface area contributed by atoms with Crippen LogP contribution in [0, 0.1) is 5.82 Å². The van der Waals surface area contributed by atoms with Crippen LogP contribution in [-0.4, -0.2) is 32.7 Å². The van der Waals surface area contributed by atoms with E-state index < -0.39 is 0 Å². The van der Waals surface area contributed by atoms with Crippen LogP contribution in [0.4, 0.5) is 16.0 Å². The maximum atomic E-state index is 13.5. The molecule has 0 fully saturated rings. The number of hydrogen-bond donors (Lipinski definition) is 1. The fourth-order valence-electron chi connectivity index (χ4n) is 3.83. The Bertz CT molecular complexity index is 1150. The Morgan fingerprint density at radius 2 is 2.00 bits per heavy atom. The molecule has 7 heteroatoms. The van der Waals surface area contributed by atoms with Crippen LogP contribution >= 0.6 is 0 Å². The Morgan fingerprint density at radius 1 is 1.11 bits per heavy atom. The minimum Gasteiger partial charge on any atom is -0.371 e. The summed E-state index contributed by atoms with van der Waals surface area (Å²) in [5.41, 5.74) is 9.81. The van der Waals surface area contributed by atoms with E-state index in [1.807, 2.05) is 0 Å². The monoisotopic (exact) mass is 362 g/mol. The molecule has 136 valence electrons. The van der Waals surface area contributed by atoms with E-state index in [1.54, 1.807) is 10.6 Å². The van der Waals surface area contributed by atoms with Crippen LogP contribution in [-0.2, 0) is 12.8 Å². The van der Waals surface area contributed by atoms with Gasteiger partial charge in [-0.25, -0.2) is 14.4 Å². The zero-order valence-corrected chi connectivity index (χ0v) is 14.8. The second-order valence-electron chi connectivity index (χ2n) is 6.86. The van der Waals surface area contributed by atoms with Gasteiger partial charge in [-0.15, -0.1) is 5.10 Å². The number of halogens is 1. The van der Waals surface area contributed by atoms with Crippen LogP contribution in [0.3, 0.4) is 0 Å². The Hall–Kier alpha value is -3.22. The Kier molecular flexibility index (Phi) is 3.67. The van der Waals surface area contributed by atoms with Gasteiger partial charge in [0.2, 0.25) is 5.95 Å². The van der Waals surface area contributed by atoms with Crippen LogP contribution in [0.1, 0.15) is 17.8 Å². The molecule has 0 saturated heterocycles. The summed E-state index contributed by atoms with van der Waals surface area (Å²) in [7, 11) is 0. The van der Waals surface area contributed by atoms with Gasteiger partial charge in [-0.05, 0) is 36.6 Å². The number of nitrogen functional groups attached to an aromatic ring is 1. The smallest absolute Gasteiger partial charge is 0.223 e. The second kappa shape index (κ2) is 6.19. The number of aryl methyl sites for hydroxylation is 1. The summed E-state index contributed by atoms with van der Waals surface area (Å²) in [4.78, 5) is 11.3. The molecule has 4 aromatic rings. The summed E-state index contributed by atoms with van der Waals surface area (Å²) in [6.45, 7) is 1.88. The molecule has 0 spiro atoms. The van der Waals surface area contributed by atoms with Crippen molar-refractivity contribution in [2.75, 3.05) is 23.7 Å². The van der Waals surface area contributed by atoms with E-state index in [0.29, 0.717) is 23.4 Å². The highest BCUT2D eigenvalue weighted by atomic mass is 19.1. The van der Waals surface area contributed by atoms with Crippen molar-refractivity contribution in [2.24, 2.45) is 0 Å². The van der Waals surface area contributed by atoms with Crippen molar-refractivity contribution < 1.29 is 4.39 Å². The number of anilines is 2. The van der Waals surface area contributed by atoms with Crippen LogP contribution in [0.5, 0.6) is 0 Å². The molecular formula is C20H19FN6. The van der Waals surface area contributed by atoms with E-state index in [0.717, 1.165) is 31.3 Å². The van der Waals surface area contributed by atoms with Gasteiger partial charge in [0.15, 0.2) is 11.5 Å². The number of para-hydroxylation sites is 1. The van der Waals surface area contributed by atoms with Gasteiger partial charge >= 0.3 is 0 Å². The second-order valence-corrected chi connectivity index (χ2v) is 6.86. The third kappa shape index (κ3) is 2.75. The Morgan fingerprint density at radius 3 is 2.93 bits per heavy atom. The lowest BCUT2D eigenvalue weighted by atomic mass is 10.0. The van der Waals surface area contributed by atoms with Crippen LogP contribution < -0.4 is 10.6 Å². The summed E-state index contributed by atoms with van der Waals surface area (Å²) < 4.78 is 15.0. The number of nitrogens with two attached hydrogens (primary N) is 1. The van der Waals surface area contributed by atoms with Crippen molar-refractivity contribution in [1.29, 1.82) is 0 Å². The minimum absolute atomic E-state index is 0.213. The van der Waals surface area contributed by atoms with Crippen LogP contribution in [0.25, 0.3) is 16.6 Å². The zero-order valence-electron chi connectivity index (χ0n) is 14.8. The molecule has 6 nitrogen and oxygen atoms in total. The van der Waals surface area contributed by atoms with Crippen LogP contribution in [0.2, 0.25) is 0 Å². The minimum atomic E-state index is -0.345. The van der Waals surface area contributed by atoms with E-state index in [4.69, 9.17) is 5.73 Å². The van der Waals surface area contributed by atoms with Gasteiger partial charge in [-0.3, -0.25) is 0 Å². The third-order valence-corrected chi connectivity index (χ3v) is 5.12. The molecule has 27 heavy (non-hydrogen) atoms. The highest BCUT2D eigenvalue weighted by Crippen LogP contribution is 2.27. The first-order valence-electron chi connectivity index (χ1n) is 9.12. The third-order valence-electron chi connectivity index (χ3n) is 5.12. The quantitative estimate of drug-likeness (QED) is 0.607. The Balaban J connectivity index is 1.46. The first-order chi connectivity index (χ1) is 13.2. The number of rotatable bonds is 3. The van der Waals surface area contributed by atoms with Gasteiger partial charge in [-0.2, -0.15) is 4.52 Å². The number of benzene rings is 2. The predicted octanol–water partition coefficient (Wildman–Crippen LogP) is 2.99. The molecule has 1 aliphatic rings. The van der Waals surface area contributed by atoms with Crippen molar-refractivity contribution in [3.05, 3.63) is 59.7 Å². The molecule has 2 aromatic heterocycles. The van der Waals surface area contributed by atoms with E-state index >= 15 is 0 Å². The highest BCUT2D eigenvalue weighted by molar-refractivity contribution is 5.92. The first-order valence-corrected chi connectivity index (χ1v) is 9.12. The topological polar surface area (TPSA) is 72.3 Å². The number of hydrogen-bond acceptors (Lipinski definition) is 5. The number of nitrogens with zero attached hydrogens (tertiary/aromatic N) is 5. The summed E-state index contributed by atoms with van der Waals surface area (Å²) >= 11 is 0. The average molecular weight is 362 g/mol. The van der Waals surface area contributed by atoms with Crippen LogP contribution in [0.15, 0.2) is 42.5 Å². The van der Waals surface area contributed by atoms with E-state index in [2.05, 4.69) is 44.2 Å². The normalized spacial score (nSPS) is 14.0. The maximum absolute atomic E-state index is 13.5. The fourth-order valence-corrected chi connectivity index (χ4v) is 3.83. The largest absolute Gasteiger partial charge is 0.371 e. The Labute approximate surface area is 155 Å². The molecule has 0 atom stereocenters. The highest BCUT2D eigenvalue weighted by Gasteiger charge is 2.17. The molecule has 3 heterocycles. The fraction of sp³-hybridized carbons (Fsp3) is 0.250. The standard InChI is InChI=1S/C20H19FN6/c21-14-7-8-15-16(12-14)23-20(22)27-19(15)24-18(25-27)9-11-26-10-3-5-13-4-1-2-6-17(13)26/h1-2,4,6-8,12H,3,5,9-11H2,(H2,22,23). The van der Waals surface area contributed by atoms with Gasteiger partial charge in [0, 0.05) is 36.7 Å². The molecule has 0 unspecified atom stereocenters. The SMILES string of the molecule is Nc1nc2cc(F)ccc2c2nc(CCN3CCCc4ccccc43)nn12. The van der Waals surface area contributed by atoms with Crippen molar-refractivity contribution in [3.8, 4) is 0 Å². The molecule has 0 bridgehead atoms. The summed E-state index contributed by atoms with van der Waals surface area (Å²) in [5, 5.41) is 5.27. The molecule has 0 saturated carbocycles. The van der Waals surface area contributed by atoms with Crippen molar-refractivity contribution in [3.63, 3.8) is 0 Å². The maximum Gasteiger partial charge on any atom is 0.223 e. The van der Waals surface area contributed by atoms with Gasteiger partial charge in [0.1, 0.15) is 5.82 Å². The van der Waals surface area contributed by atoms with Gasteiger partial charge < -0.3 is 10.6 Å². The summed E-state index contributed by atoms with van der Waals surface area (Å²) in [5.74, 6) is 0.579. The molecule has 2 N–H and O–H groups in total. The summed E-state index contributed by atoms with van der Waals surface area (Å²) in [6.07, 6.45) is 2.99. The lowest BCUT2D eigenvalue weighted by molar-refractivity contribution is 0.629. The molecule has 0 aliphatic carbocycles. The van der Waals surface area contributed by atoms with E-state index in [9.17, 15) is 4.39 Å². The first kappa shape index (κ1) is 16.0. The summed E-state index contributed by atoms with van der Waals surface area (Å²) in [6, 6.07) is 13.0. The number of aromatic nitrogens is 4. The lowest BCUT2D eigenvalue weighted by Gasteiger charge is -2.30. The van der Waals surface area contributed by atoms with Crippen molar-refractivity contribution >= 4 is 28.2 Å². The van der Waals surface area contributed by atoms with Gasteiger partial charge in [0.25, 0.3) is 0 Å². The van der Waals surface area contributed by atoms with Gasteiger partial charge in [0.05, 0.1) is 5.52 Å². The molecule has 2 aromatic carbocycles. The molecule has 0 radical (unpaired) electrons. The predicted molar refractivity (Wildman–Crippen MR) is 103 cm³/mol. The van der Waals surface area contributed by atoms with E-state index in [1.165, 1.54) is 23.4 Å².